The Morgan fingerprint density at radius 3 is 2.30 bits per heavy atom. The second-order valence-corrected chi connectivity index (χ2v) is 9.58. The summed E-state index contributed by atoms with van der Waals surface area (Å²) in [5, 5.41) is 11.2. The molecule has 1 N–H and O–H groups in total. The molecule has 0 amide bonds. The monoisotopic (exact) mass is 423 g/mol. The number of benzene rings is 2. The van der Waals surface area contributed by atoms with E-state index < -0.39 is 22.2 Å². The summed E-state index contributed by atoms with van der Waals surface area (Å²) in [5.74, 6) is 0. The number of hydrogen-bond donors (Lipinski definition) is 1. The minimum absolute atomic E-state index is 0.172. The number of sulfonamides is 1. The molecule has 1 aromatic heterocycles. The molecule has 7 heteroatoms. The zero-order valence-corrected chi connectivity index (χ0v) is 17.8. The average molecular weight is 424 g/mol. The number of hydrogen-bond acceptors (Lipinski definition) is 5. The van der Waals surface area contributed by atoms with Crippen LogP contribution in [0.5, 0.6) is 0 Å². The Kier molecular flexibility index (Phi) is 5.60. The third-order valence-corrected chi connectivity index (χ3v) is 7.49. The first-order valence-corrected chi connectivity index (χ1v) is 11.3. The second-order valence-electron chi connectivity index (χ2n) is 7.72. The molecule has 6 nitrogen and oxygen atoms in total. The van der Waals surface area contributed by atoms with Gasteiger partial charge in [-0.05, 0) is 47.9 Å². The van der Waals surface area contributed by atoms with Crippen LogP contribution in [0.15, 0.2) is 78.0 Å². The van der Waals surface area contributed by atoms with Crippen LogP contribution in [0.4, 0.5) is 5.69 Å². The maximum absolute atomic E-state index is 13.5. The van der Waals surface area contributed by atoms with E-state index in [4.69, 9.17) is 0 Å². The van der Waals surface area contributed by atoms with Crippen LogP contribution in [-0.2, 0) is 23.0 Å². The molecule has 1 aliphatic heterocycles. The van der Waals surface area contributed by atoms with E-state index in [-0.39, 0.29) is 11.4 Å². The summed E-state index contributed by atoms with van der Waals surface area (Å²) < 4.78 is 28.4. The molecule has 0 aliphatic carbocycles. The highest BCUT2D eigenvalue weighted by molar-refractivity contribution is 7.89. The highest BCUT2D eigenvalue weighted by Crippen LogP contribution is 2.39. The van der Waals surface area contributed by atoms with Crippen molar-refractivity contribution in [1.82, 2.24) is 9.29 Å². The van der Waals surface area contributed by atoms with Crippen LogP contribution < -0.4 is 4.90 Å². The smallest absolute Gasteiger partial charge is 0.244 e. The zero-order chi connectivity index (χ0) is 21.3. The molecule has 0 fully saturated rings. The molecule has 2 aromatic carbocycles. The number of rotatable bonds is 5. The maximum Gasteiger partial charge on any atom is 0.244 e. The van der Waals surface area contributed by atoms with Crippen molar-refractivity contribution >= 4 is 15.7 Å². The van der Waals surface area contributed by atoms with E-state index in [0.29, 0.717) is 12.0 Å². The Bertz CT molecular complexity index is 1120. The van der Waals surface area contributed by atoms with Crippen molar-refractivity contribution in [2.75, 3.05) is 19.0 Å². The summed E-state index contributed by atoms with van der Waals surface area (Å²) >= 11 is 0. The summed E-state index contributed by atoms with van der Waals surface area (Å²) in [5.41, 5.74) is 3.32. The molecule has 0 saturated heterocycles. The number of nitrogens with zero attached hydrogens (tertiary/aromatic N) is 3. The lowest BCUT2D eigenvalue weighted by Gasteiger charge is -2.39. The van der Waals surface area contributed by atoms with Gasteiger partial charge in [0.25, 0.3) is 0 Å². The van der Waals surface area contributed by atoms with E-state index in [9.17, 15) is 13.5 Å². The van der Waals surface area contributed by atoms with Crippen molar-refractivity contribution in [1.29, 1.82) is 0 Å². The predicted octanol–water partition coefficient (Wildman–Crippen LogP) is 3.00. The predicted molar refractivity (Wildman–Crippen MR) is 117 cm³/mol. The van der Waals surface area contributed by atoms with E-state index in [1.807, 2.05) is 43.3 Å². The Hall–Kier alpha value is -2.74. The quantitative estimate of drug-likeness (QED) is 0.683. The van der Waals surface area contributed by atoms with Gasteiger partial charge in [0.05, 0.1) is 17.0 Å². The number of fused-ring (bicyclic) bond motifs is 1. The third kappa shape index (κ3) is 3.84. The van der Waals surface area contributed by atoms with Crippen LogP contribution in [0.2, 0.25) is 0 Å². The van der Waals surface area contributed by atoms with Gasteiger partial charge in [0.15, 0.2) is 0 Å². The summed E-state index contributed by atoms with van der Waals surface area (Å²) in [4.78, 5) is 6.20. The van der Waals surface area contributed by atoms with Gasteiger partial charge in [-0.3, -0.25) is 4.98 Å². The van der Waals surface area contributed by atoms with Gasteiger partial charge in [-0.15, -0.1) is 0 Å². The normalized spacial score (nSPS) is 20.5. The van der Waals surface area contributed by atoms with Gasteiger partial charge in [-0.1, -0.05) is 30.3 Å². The molecular weight excluding hydrogens is 398 g/mol. The topological polar surface area (TPSA) is 73.7 Å². The lowest BCUT2D eigenvalue weighted by molar-refractivity contribution is 0.0769. The lowest BCUT2D eigenvalue weighted by Crippen LogP contribution is -2.48. The molecule has 0 unspecified atom stereocenters. The SMILES string of the molecule is CN(C)c1ccc(C[C@H]2[C@H](O)c3ccccc3S(=O)(=O)N2Cc2ccncc2)cc1. The van der Waals surface area contributed by atoms with Gasteiger partial charge in [0, 0.05) is 44.3 Å². The van der Waals surface area contributed by atoms with E-state index >= 15 is 0 Å². The van der Waals surface area contributed by atoms with Crippen molar-refractivity contribution < 1.29 is 13.5 Å². The molecule has 0 spiro atoms. The summed E-state index contributed by atoms with van der Waals surface area (Å²) in [6.07, 6.45) is 2.78. The standard InChI is InChI=1S/C23H25N3O3S/c1-25(2)19-9-7-17(8-10-19)15-21-23(27)20-5-3-4-6-22(20)30(28,29)26(21)16-18-11-13-24-14-12-18/h3-14,21,23,27H,15-16H2,1-2H3/t21-,23+/m0/s1. The molecule has 2 atom stereocenters. The summed E-state index contributed by atoms with van der Waals surface area (Å²) in [7, 11) is 0.184. The minimum Gasteiger partial charge on any atom is -0.387 e. The Morgan fingerprint density at radius 2 is 1.63 bits per heavy atom. The fraction of sp³-hybridized carbons (Fsp3) is 0.261. The number of aliphatic hydroxyl groups is 1. The highest BCUT2D eigenvalue weighted by atomic mass is 32.2. The van der Waals surface area contributed by atoms with Crippen LogP contribution in [0.3, 0.4) is 0 Å². The molecular formula is C23H25N3O3S. The van der Waals surface area contributed by atoms with Crippen molar-refractivity contribution in [2.45, 2.75) is 30.0 Å². The molecule has 4 rings (SSSR count). The summed E-state index contributed by atoms with van der Waals surface area (Å²) in [6, 6.07) is 17.7. The van der Waals surface area contributed by atoms with Crippen LogP contribution >= 0.6 is 0 Å². The van der Waals surface area contributed by atoms with Gasteiger partial charge >= 0.3 is 0 Å². The molecule has 0 bridgehead atoms. The highest BCUT2D eigenvalue weighted by Gasteiger charge is 2.43. The average Bonchev–Trinajstić information content (AvgIpc) is 2.76. The number of aromatic nitrogens is 1. The fourth-order valence-electron chi connectivity index (χ4n) is 3.88. The first kappa shape index (κ1) is 20.5. The van der Waals surface area contributed by atoms with Gasteiger partial charge in [-0.25, -0.2) is 8.42 Å². The number of pyridine rings is 1. The third-order valence-electron chi connectivity index (χ3n) is 5.54. The summed E-state index contributed by atoms with van der Waals surface area (Å²) in [6.45, 7) is 0.177. The maximum atomic E-state index is 13.5. The first-order valence-electron chi connectivity index (χ1n) is 9.82. The molecule has 3 aromatic rings. The first-order chi connectivity index (χ1) is 14.4. The van der Waals surface area contributed by atoms with E-state index in [1.54, 1.807) is 48.8 Å². The number of aliphatic hydroxyl groups excluding tert-OH is 1. The van der Waals surface area contributed by atoms with E-state index in [2.05, 4.69) is 4.98 Å². The number of anilines is 1. The second kappa shape index (κ2) is 8.18. The van der Waals surface area contributed by atoms with E-state index in [1.165, 1.54) is 4.31 Å². The van der Waals surface area contributed by atoms with Crippen molar-refractivity contribution in [2.24, 2.45) is 0 Å². The molecule has 30 heavy (non-hydrogen) atoms. The lowest BCUT2D eigenvalue weighted by atomic mass is 9.95. The largest absolute Gasteiger partial charge is 0.387 e. The Morgan fingerprint density at radius 1 is 0.967 bits per heavy atom. The van der Waals surface area contributed by atoms with Crippen molar-refractivity contribution in [3.8, 4) is 0 Å². The van der Waals surface area contributed by atoms with Gasteiger partial charge in [0.2, 0.25) is 10.0 Å². The molecule has 156 valence electrons. The fourth-order valence-corrected chi connectivity index (χ4v) is 5.74. The zero-order valence-electron chi connectivity index (χ0n) is 17.0. The van der Waals surface area contributed by atoms with Crippen molar-refractivity contribution in [3.63, 3.8) is 0 Å². The van der Waals surface area contributed by atoms with Crippen LogP contribution in [0, 0.1) is 0 Å². The minimum atomic E-state index is -3.76. The van der Waals surface area contributed by atoms with Crippen molar-refractivity contribution in [3.05, 3.63) is 89.7 Å². The Labute approximate surface area is 177 Å². The van der Waals surface area contributed by atoms with Gasteiger partial charge in [0.1, 0.15) is 0 Å². The van der Waals surface area contributed by atoms with Gasteiger partial charge in [-0.2, -0.15) is 4.31 Å². The molecule has 1 aliphatic rings. The molecule has 0 saturated carbocycles. The van der Waals surface area contributed by atoms with Crippen LogP contribution in [-0.4, -0.2) is 43.0 Å². The van der Waals surface area contributed by atoms with Crippen LogP contribution in [0.25, 0.3) is 0 Å². The Balaban J connectivity index is 1.74. The van der Waals surface area contributed by atoms with E-state index in [0.717, 1.165) is 16.8 Å². The van der Waals surface area contributed by atoms with Gasteiger partial charge < -0.3 is 10.0 Å². The molecule has 2 heterocycles. The van der Waals surface area contributed by atoms with Crippen LogP contribution in [0.1, 0.15) is 22.8 Å². The molecule has 0 radical (unpaired) electrons.